The Kier molecular flexibility index (Phi) is 9.46. The lowest BCUT2D eigenvalue weighted by molar-refractivity contribution is -0.137. The number of carbonyl (C=O) groups is 1. The molecule has 0 radical (unpaired) electrons. The molecule has 0 atom stereocenters. The van der Waals surface area contributed by atoms with E-state index in [1.165, 1.54) is 6.08 Å². The lowest BCUT2D eigenvalue weighted by Crippen LogP contribution is -2.22. The van der Waals surface area contributed by atoms with E-state index in [0.29, 0.717) is 19.4 Å². The summed E-state index contributed by atoms with van der Waals surface area (Å²) in [7, 11) is -1.92. The zero-order chi connectivity index (χ0) is 14.7. The Hall–Kier alpha value is -0.920. The van der Waals surface area contributed by atoms with Crippen LogP contribution >= 0.6 is 0 Å². The highest BCUT2D eigenvalue weighted by Crippen LogP contribution is 1.98. The van der Waals surface area contributed by atoms with Gasteiger partial charge in [0.25, 0.3) is 10.1 Å². The zero-order valence-corrected chi connectivity index (χ0v) is 12.4. The van der Waals surface area contributed by atoms with Crippen LogP contribution < -0.4 is 0 Å². The predicted octanol–water partition coefficient (Wildman–Crippen LogP) is 1.10. The van der Waals surface area contributed by atoms with Gasteiger partial charge in [-0.25, -0.2) is 4.79 Å². The van der Waals surface area contributed by atoms with E-state index in [9.17, 15) is 13.2 Å². The topological polar surface area (TPSA) is 83.9 Å². The summed E-state index contributed by atoms with van der Waals surface area (Å²) in [5, 5.41) is 0. The normalized spacial score (nSPS) is 12.2. The van der Waals surface area contributed by atoms with Gasteiger partial charge in [-0.05, 0) is 39.8 Å². The smallest absolute Gasteiger partial charge is 0.330 e. The van der Waals surface area contributed by atoms with Crippen LogP contribution in [0, 0.1) is 0 Å². The molecule has 0 saturated carbocycles. The number of hydrogen-bond donors (Lipinski definition) is 1. The van der Waals surface area contributed by atoms with Crippen LogP contribution in [0.1, 0.15) is 26.2 Å². The molecule has 0 aliphatic carbocycles. The Bertz CT molecular complexity index is 378. The molecule has 112 valence electrons. The number of carbonyl (C=O) groups excluding carboxylic acids is 1. The number of hydrogen-bond acceptors (Lipinski definition) is 5. The van der Waals surface area contributed by atoms with Crippen molar-refractivity contribution < 1.29 is 22.5 Å². The number of rotatable bonds is 10. The van der Waals surface area contributed by atoms with E-state index in [1.807, 2.05) is 11.9 Å². The first-order chi connectivity index (χ1) is 8.85. The summed E-state index contributed by atoms with van der Waals surface area (Å²) in [6, 6.07) is 0. The van der Waals surface area contributed by atoms with E-state index in [4.69, 9.17) is 9.29 Å². The summed E-state index contributed by atoms with van der Waals surface area (Å²) in [6.07, 6.45) is 4.88. The summed E-state index contributed by atoms with van der Waals surface area (Å²) in [6.45, 7) is 3.65. The van der Waals surface area contributed by atoms with Gasteiger partial charge in [0.15, 0.2) is 0 Å². The number of nitrogens with zero attached hydrogens (tertiary/aromatic N) is 1. The Balaban J connectivity index is 3.49. The summed E-state index contributed by atoms with van der Waals surface area (Å²) in [5.74, 6) is -0.528. The van der Waals surface area contributed by atoms with Crippen LogP contribution in [0.4, 0.5) is 0 Å². The minimum Gasteiger partial charge on any atom is -0.462 e. The predicted molar refractivity (Wildman–Crippen MR) is 73.5 cm³/mol. The Labute approximate surface area is 115 Å². The van der Waals surface area contributed by atoms with Gasteiger partial charge in [0.1, 0.15) is 0 Å². The molecule has 0 saturated heterocycles. The summed E-state index contributed by atoms with van der Waals surface area (Å²) < 4.78 is 34.5. The lowest BCUT2D eigenvalue weighted by atomic mass is 10.3. The minimum absolute atomic E-state index is 0.193. The van der Waals surface area contributed by atoms with E-state index in [0.717, 1.165) is 19.5 Å². The quantitative estimate of drug-likeness (QED) is 0.281. The first kappa shape index (κ1) is 18.1. The third-order valence-corrected chi connectivity index (χ3v) is 3.23. The number of ether oxygens (including phenoxy) is 1. The Morgan fingerprint density at radius 1 is 1.26 bits per heavy atom. The monoisotopic (exact) mass is 293 g/mol. The van der Waals surface area contributed by atoms with Gasteiger partial charge in [-0.1, -0.05) is 6.08 Å². The molecule has 0 heterocycles. The molecule has 6 nitrogen and oxygen atoms in total. The van der Waals surface area contributed by atoms with Crippen molar-refractivity contribution in [3.05, 3.63) is 12.2 Å². The standard InChI is InChI=1S/C12H23NO5S/c1-3-7-12(14)18-10-6-9-13(2)8-4-5-11-19(15,16)17/h3,7H,4-6,8-11H2,1-2H3,(H,15,16,17). The molecule has 0 rings (SSSR count). The number of esters is 1. The van der Waals surface area contributed by atoms with Crippen molar-refractivity contribution in [2.24, 2.45) is 0 Å². The molecule has 0 aliphatic heterocycles. The maximum absolute atomic E-state index is 11.0. The van der Waals surface area contributed by atoms with Gasteiger partial charge in [-0.15, -0.1) is 0 Å². The molecule has 0 aromatic heterocycles. The molecule has 0 aliphatic rings. The molecule has 0 fully saturated rings. The van der Waals surface area contributed by atoms with E-state index >= 15 is 0 Å². The molecule has 0 bridgehead atoms. The first-order valence-electron chi connectivity index (χ1n) is 6.28. The van der Waals surface area contributed by atoms with E-state index < -0.39 is 10.1 Å². The van der Waals surface area contributed by atoms with Crippen LogP contribution in [0.5, 0.6) is 0 Å². The largest absolute Gasteiger partial charge is 0.462 e. The summed E-state index contributed by atoms with van der Waals surface area (Å²) in [4.78, 5) is 13.0. The fraction of sp³-hybridized carbons (Fsp3) is 0.750. The van der Waals surface area contributed by atoms with Gasteiger partial charge in [0.05, 0.1) is 12.4 Å². The van der Waals surface area contributed by atoms with Gasteiger partial charge in [-0.3, -0.25) is 4.55 Å². The third kappa shape index (κ3) is 13.3. The molecule has 0 aromatic carbocycles. The fourth-order valence-corrected chi connectivity index (χ4v) is 2.04. The van der Waals surface area contributed by atoms with Crippen LogP contribution in [0.3, 0.4) is 0 Å². The molecule has 0 spiro atoms. The van der Waals surface area contributed by atoms with Crippen LogP contribution in [0.2, 0.25) is 0 Å². The van der Waals surface area contributed by atoms with Gasteiger partial charge in [-0.2, -0.15) is 8.42 Å². The van der Waals surface area contributed by atoms with Gasteiger partial charge in [0, 0.05) is 12.6 Å². The van der Waals surface area contributed by atoms with Crippen molar-refractivity contribution in [2.45, 2.75) is 26.2 Å². The van der Waals surface area contributed by atoms with Crippen molar-refractivity contribution in [1.29, 1.82) is 0 Å². The maximum Gasteiger partial charge on any atom is 0.330 e. The molecular formula is C12H23NO5S. The summed E-state index contributed by atoms with van der Waals surface area (Å²) >= 11 is 0. The second-order valence-corrected chi connectivity index (χ2v) is 5.89. The van der Waals surface area contributed by atoms with Crippen LogP contribution in [-0.2, 0) is 19.6 Å². The molecule has 0 amide bonds. The second-order valence-electron chi connectivity index (χ2n) is 4.32. The van der Waals surface area contributed by atoms with Crippen molar-refractivity contribution in [1.82, 2.24) is 4.90 Å². The van der Waals surface area contributed by atoms with Crippen molar-refractivity contribution in [3.8, 4) is 0 Å². The highest BCUT2D eigenvalue weighted by Gasteiger charge is 2.05. The Morgan fingerprint density at radius 2 is 1.89 bits per heavy atom. The zero-order valence-electron chi connectivity index (χ0n) is 11.5. The van der Waals surface area contributed by atoms with Crippen LogP contribution in [-0.4, -0.2) is 56.3 Å². The SMILES string of the molecule is CC=CC(=O)OCCCN(C)CCCCS(=O)(=O)O. The minimum atomic E-state index is -3.84. The number of allylic oxidation sites excluding steroid dienone is 1. The third-order valence-electron chi connectivity index (χ3n) is 2.42. The maximum atomic E-state index is 11.0. The summed E-state index contributed by atoms with van der Waals surface area (Å²) in [5.41, 5.74) is 0. The van der Waals surface area contributed by atoms with E-state index in [-0.39, 0.29) is 11.7 Å². The lowest BCUT2D eigenvalue weighted by Gasteiger charge is -2.15. The molecule has 7 heteroatoms. The highest BCUT2D eigenvalue weighted by atomic mass is 32.2. The highest BCUT2D eigenvalue weighted by molar-refractivity contribution is 7.85. The average molecular weight is 293 g/mol. The first-order valence-corrected chi connectivity index (χ1v) is 7.89. The fourth-order valence-electron chi connectivity index (χ4n) is 1.47. The van der Waals surface area contributed by atoms with E-state index in [2.05, 4.69) is 0 Å². The van der Waals surface area contributed by atoms with Crippen molar-refractivity contribution in [3.63, 3.8) is 0 Å². The van der Waals surface area contributed by atoms with Crippen molar-refractivity contribution >= 4 is 16.1 Å². The van der Waals surface area contributed by atoms with Gasteiger partial charge < -0.3 is 9.64 Å². The average Bonchev–Trinajstić information content (AvgIpc) is 2.29. The van der Waals surface area contributed by atoms with Gasteiger partial charge in [0.2, 0.25) is 0 Å². The number of unbranched alkanes of at least 4 members (excludes halogenated alkanes) is 1. The molecule has 0 aromatic rings. The van der Waals surface area contributed by atoms with Gasteiger partial charge >= 0.3 is 5.97 Å². The van der Waals surface area contributed by atoms with Crippen molar-refractivity contribution in [2.75, 3.05) is 32.5 Å². The molecule has 19 heavy (non-hydrogen) atoms. The van der Waals surface area contributed by atoms with Crippen LogP contribution in [0.25, 0.3) is 0 Å². The van der Waals surface area contributed by atoms with Crippen LogP contribution in [0.15, 0.2) is 12.2 Å². The molecule has 1 N–H and O–H groups in total. The molecular weight excluding hydrogens is 270 g/mol. The molecule has 0 unspecified atom stereocenters. The second kappa shape index (κ2) is 9.94. The Morgan fingerprint density at radius 3 is 2.47 bits per heavy atom. The van der Waals surface area contributed by atoms with E-state index in [1.54, 1.807) is 13.0 Å².